The van der Waals surface area contributed by atoms with Gasteiger partial charge in [-0.3, -0.25) is 14.5 Å². The fourth-order valence-electron chi connectivity index (χ4n) is 2.88. The third kappa shape index (κ3) is 4.18. The Morgan fingerprint density at radius 1 is 1.25 bits per heavy atom. The Morgan fingerprint density at radius 2 is 1.95 bits per heavy atom. The van der Waals surface area contributed by atoms with Crippen LogP contribution in [-0.2, 0) is 9.59 Å². The summed E-state index contributed by atoms with van der Waals surface area (Å²) in [6.45, 7) is 6.90. The smallest absolute Gasteiger partial charge is 0.224 e. The van der Waals surface area contributed by atoms with Crippen molar-refractivity contribution >= 4 is 11.8 Å². The summed E-state index contributed by atoms with van der Waals surface area (Å²) in [4.78, 5) is 29.4. The van der Waals surface area contributed by atoms with Gasteiger partial charge in [-0.1, -0.05) is 0 Å². The van der Waals surface area contributed by atoms with Crippen molar-refractivity contribution in [2.24, 2.45) is 0 Å². The van der Waals surface area contributed by atoms with Gasteiger partial charge in [-0.2, -0.15) is 0 Å². The van der Waals surface area contributed by atoms with Crippen LogP contribution in [0.4, 0.5) is 0 Å². The normalized spacial score (nSPS) is 22.4. The molecule has 2 rings (SSSR count). The molecule has 20 heavy (non-hydrogen) atoms. The van der Waals surface area contributed by atoms with Gasteiger partial charge in [-0.05, 0) is 13.3 Å². The van der Waals surface area contributed by atoms with E-state index in [2.05, 4.69) is 4.90 Å². The Balaban J connectivity index is 1.68. The topological polar surface area (TPSA) is 64.1 Å². The standard InChI is InChI=1S/C14H25N3O3/c1-12(18)11-15-7-9-17(10-8-15)14(20)4-6-16-5-2-3-13(16)19/h12,18H,2-11H2,1H3. The number of aliphatic hydroxyl groups is 1. The van der Waals surface area contributed by atoms with Gasteiger partial charge in [0, 0.05) is 58.7 Å². The molecule has 2 fully saturated rings. The quantitative estimate of drug-likeness (QED) is 0.740. The lowest BCUT2D eigenvalue weighted by atomic mass is 10.2. The van der Waals surface area contributed by atoms with Crippen molar-refractivity contribution in [3.8, 4) is 0 Å². The highest BCUT2D eigenvalue weighted by Crippen LogP contribution is 2.11. The van der Waals surface area contributed by atoms with E-state index in [-0.39, 0.29) is 17.9 Å². The Hall–Kier alpha value is -1.14. The molecule has 0 aromatic carbocycles. The zero-order valence-electron chi connectivity index (χ0n) is 12.3. The lowest BCUT2D eigenvalue weighted by molar-refractivity contribution is -0.134. The highest BCUT2D eigenvalue weighted by atomic mass is 16.3. The summed E-state index contributed by atoms with van der Waals surface area (Å²) in [6, 6.07) is 0. The second-order valence-corrected chi connectivity index (χ2v) is 5.76. The van der Waals surface area contributed by atoms with Crippen molar-refractivity contribution in [2.45, 2.75) is 32.3 Å². The number of carbonyl (C=O) groups is 2. The van der Waals surface area contributed by atoms with Gasteiger partial charge in [0.15, 0.2) is 0 Å². The molecular formula is C14H25N3O3. The number of hydrogen-bond donors (Lipinski definition) is 1. The van der Waals surface area contributed by atoms with Crippen LogP contribution in [0.15, 0.2) is 0 Å². The average Bonchev–Trinajstić information content (AvgIpc) is 2.82. The van der Waals surface area contributed by atoms with Crippen molar-refractivity contribution in [2.75, 3.05) is 45.8 Å². The van der Waals surface area contributed by atoms with E-state index in [0.29, 0.717) is 25.9 Å². The molecule has 6 heteroatoms. The lowest BCUT2D eigenvalue weighted by Crippen LogP contribution is -2.50. The van der Waals surface area contributed by atoms with Crippen molar-refractivity contribution in [1.82, 2.24) is 14.7 Å². The van der Waals surface area contributed by atoms with E-state index in [9.17, 15) is 14.7 Å². The lowest BCUT2D eigenvalue weighted by Gasteiger charge is -2.35. The molecule has 0 aromatic rings. The molecule has 0 radical (unpaired) electrons. The molecule has 1 N–H and O–H groups in total. The Bertz CT molecular complexity index is 352. The van der Waals surface area contributed by atoms with E-state index in [4.69, 9.17) is 0 Å². The predicted octanol–water partition coefficient (Wildman–Crippen LogP) is -0.476. The maximum atomic E-state index is 12.1. The fraction of sp³-hybridized carbons (Fsp3) is 0.857. The molecule has 1 atom stereocenters. The number of nitrogens with zero attached hydrogens (tertiary/aromatic N) is 3. The van der Waals surface area contributed by atoms with E-state index < -0.39 is 0 Å². The number of likely N-dealkylation sites (tertiary alicyclic amines) is 1. The highest BCUT2D eigenvalue weighted by Gasteiger charge is 2.24. The van der Waals surface area contributed by atoms with Crippen LogP contribution in [0.25, 0.3) is 0 Å². The average molecular weight is 283 g/mol. The molecule has 2 heterocycles. The Labute approximate surface area is 120 Å². The van der Waals surface area contributed by atoms with Gasteiger partial charge >= 0.3 is 0 Å². The first kappa shape index (κ1) is 15.3. The van der Waals surface area contributed by atoms with E-state index >= 15 is 0 Å². The first-order valence-corrected chi connectivity index (χ1v) is 7.52. The van der Waals surface area contributed by atoms with Gasteiger partial charge in [0.05, 0.1) is 6.10 Å². The second-order valence-electron chi connectivity index (χ2n) is 5.76. The van der Waals surface area contributed by atoms with Crippen LogP contribution in [0.1, 0.15) is 26.2 Å². The number of aliphatic hydroxyl groups excluding tert-OH is 1. The van der Waals surface area contributed by atoms with E-state index in [1.165, 1.54) is 0 Å². The molecule has 0 aromatic heterocycles. The SMILES string of the molecule is CC(O)CN1CCN(C(=O)CCN2CCCC2=O)CC1. The minimum absolute atomic E-state index is 0.140. The predicted molar refractivity (Wildman–Crippen MR) is 75.1 cm³/mol. The summed E-state index contributed by atoms with van der Waals surface area (Å²) in [5, 5.41) is 9.35. The minimum Gasteiger partial charge on any atom is -0.392 e. The molecule has 2 aliphatic heterocycles. The molecule has 2 saturated heterocycles. The molecule has 114 valence electrons. The molecule has 0 saturated carbocycles. The molecular weight excluding hydrogens is 258 g/mol. The number of piperazine rings is 1. The zero-order valence-corrected chi connectivity index (χ0v) is 12.3. The van der Waals surface area contributed by atoms with Crippen molar-refractivity contribution < 1.29 is 14.7 Å². The second kappa shape index (κ2) is 7.04. The number of carbonyl (C=O) groups excluding carboxylic acids is 2. The third-order valence-electron chi connectivity index (χ3n) is 4.01. The van der Waals surface area contributed by atoms with Crippen LogP contribution in [0.2, 0.25) is 0 Å². The summed E-state index contributed by atoms with van der Waals surface area (Å²) in [6.07, 6.45) is 1.66. The van der Waals surface area contributed by atoms with Crippen LogP contribution in [0.5, 0.6) is 0 Å². The Morgan fingerprint density at radius 3 is 2.50 bits per heavy atom. The minimum atomic E-state index is -0.321. The number of rotatable bonds is 5. The van der Waals surface area contributed by atoms with Crippen LogP contribution >= 0.6 is 0 Å². The van der Waals surface area contributed by atoms with Gasteiger partial charge in [0.2, 0.25) is 11.8 Å². The highest BCUT2D eigenvalue weighted by molar-refractivity contribution is 5.80. The molecule has 2 aliphatic rings. The summed E-state index contributed by atoms with van der Waals surface area (Å²) >= 11 is 0. The van der Waals surface area contributed by atoms with Crippen molar-refractivity contribution in [1.29, 1.82) is 0 Å². The van der Waals surface area contributed by atoms with Crippen LogP contribution in [0.3, 0.4) is 0 Å². The van der Waals surface area contributed by atoms with Gasteiger partial charge < -0.3 is 14.9 Å². The summed E-state index contributed by atoms with van der Waals surface area (Å²) < 4.78 is 0. The molecule has 6 nitrogen and oxygen atoms in total. The van der Waals surface area contributed by atoms with E-state index in [1.54, 1.807) is 11.8 Å². The first-order chi connectivity index (χ1) is 9.56. The molecule has 0 bridgehead atoms. The van der Waals surface area contributed by atoms with Crippen molar-refractivity contribution in [3.05, 3.63) is 0 Å². The van der Waals surface area contributed by atoms with Crippen LogP contribution in [0, 0.1) is 0 Å². The summed E-state index contributed by atoms with van der Waals surface area (Å²) in [7, 11) is 0. The van der Waals surface area contributed by atoms with Crippen molar-refractivity contribution in [3.63, 3.8) is 0 Å². The van der Waals surface area contributed by atoms with Gasteiger partial charge in [-0.25, -0.2) is 0 Å². The van der Waals surface area contributed by atoms with E-state index in [1.807, 2.05) is 4.90 Å². The number of hydrogen-bond acceptors (Lipinski definition) is 4. The van der Waals surface area contributed by atoms with Crippen LogP contribution in [-0.4, -0.2) is 83.5 Å². The molecule has 1 unspecified atom stereocenters. The van der Waals surface area contributed by atoms with Gasteiger partial charge in [0.25, 0.3) is 0 Å². The number of amides is 2. The third-order valence-corrected chi connectivity index (χ3v) is 4.01. The maximum absolute atomic E-state index is 12.1. The molecule has 0 aliphatic carbocycles. The first-order valence-electron chi connectivity index (χ1n) is 7.52. The monoisotopic (exact) mass is 283 g/mol. The largest absolute Gasteiger partial charge is 0.392 e. The Kier molecular flexibility index (Phi) is 5.37. The molecule has 2 amide bonds. The maximum Gasteiger partial charge on any atom is 0.224 e. The fourth-order valence-corrected chi connectivity index (χ4v) is 2.88. The summed E-state index contributed by atoms with van der Waals surface area (Å²) in [5.74, 6) is 0.320. The molecule has 0 spiro atoms. The van der Waals surface area contributed by atoms with Gasteiger partial charge in [-0.15, -0.1) is 0 Å². The summed E-state index contributed by atoms with van der Waals surface area (Å²) in [5.41, 5.74) is 0. The zero-order chi connectivity index (χ0) is 14.5. The van der Waals surface area contributed by atoms with Gasteiger partial charge in [0.1, 0.15) is 0 Å². The number of β-amino-alcohol motifs (C(OH)–C–C–N with tert-alkyl or cyclic N) is 1. The van der Waals surface area contributed by atoms with Crippen LogP contribution < -0.4 is 0 Å². The van der Waals surface area contributed by atoms with E-state index in [0.717, 1.165) is 39.1 Å².